The highest BCUT2D eigenvalue weighted by atomic mass is 35.5. The van der Waals surface area contributed by atoms with Crippen LogP contribution in [0.25, 0.3) is 33.9 Å². The number of nitrogens with one attached hydrogen (secondary N) is 1. The molecule has 1 N–H and O–H groups in total. The van der Waals surface area contributed by atoms with Gasteiger partial charge in [-0.05, 0) is 30.3 Å². The molecule has 0 atom stereocenters. The Kier molecular flexibility index (Phi) is 6.37. The largest absolute Gasteiger partial charge is 0.529 e. The van der Waals surface area contributed by atoms with Gasteiger partial charge in [0.15, 0.2) is 29.1 Å². The Morgan fingerprint density at radius 1 is 0.895 bits per heavy atom. The molecule has 4 aromatic rings. The summed E-state index contributed by atoms with van der Waals surface area (Å²) in [6.45, 7) is 0. The molecule has 0 saturated heterocycles. The highest BCUT2D eigenvalue weighted by Gasteiger charge is 2.39. The number of pyridine rings is 1. The van der Waals surface area contributed by atoms with Crippen LogP contribution in [0, 0.1) is 0 Å². The molecule has 0 aliphatic heterocycles. The second kappa shape index (κ2) is 9.00. The molecule has 4 rings (SSSR count). The number of hydrogen-bond donors (Lipinski definition) is 1. The van der Waals surface area contributed by atoms with Crippen molar-refractivity contribution in [3.05, 3.63) is 58.5 Å². The van der Waals surface area contributed by atoms with Crippen molar-refractivity contribution in [3.8, 4) is 22.8 Å². The summed E-state index contributed by atoms with van der Waals surface area (Å²) in [7, 11) is 0. The molecule has 0 aliphatic carbocycles. The topological polar surface area (TPSA) is 109 Å². The molecule has 3 aromatic heterocycles. The van der Waals surface area contributed by atoms with E-state index in [1.165, 1.54) is 0 Å². The van der Waals surface area contributed by atoms with Crippen LogP contribution in [0.2, 0.25) is 5.02 Å². The Hall–Kier alpha value is -4.15. The van der Waals surface area contributed by atoms with Crippen molar-refractivity contribution in [2.24, 2.45) is 0 Å². The lowest BCUT2D eigenvalue weighted by Crippen LogP contribution is -2.35. The third-order valence-corrected chi connectivity index (χ3v) is 5.15. The van der Waals surface area contributed by atoms with Crippen molar-refractivity contribution in [3.63, 3.8) is 0 Å². The summed E-state index contributed by atoms with van der Waals surface area (Å²) >= 11 is 5.96. The quantitative estimate of drug-likeness (QED) is 0.342. The molecule has 0 radical (unpaired) electrons. The Bertz CT molecular complexity index is 1550. The maximum Gasteiger partial charge on any atom is 0.435 e. The third kappa shape index (κ3) is 5.13. The molecule has 0 fully saturated rings. The van der Waals surface area contributed by atoms with E-state index in [4.69, 9.17) is 11.6 Å². The number of halogens is 10. The summed E-state index contributed by atoms with van der Waals surface area (Å²) in [5.41, 5.74) is -5.99. The molecule has 0 aliphatic rings. The van der Waals surface area contributed by atoms with Crippen LogP contribution in [0.1, 0.15) is 17.0 Å². The number of carbonyl (C=O) groups is 1. The number of rotatable bonds is 3. The van der Waals surface area contributed by atoms with Crippen molar-refractivity contribution in [2.75, 3.05) is 5.43 Å². The summed E-state index contributed by atoms with van der Waals surface area (Å²) in [6, 6.07) is 2.91. The van der Waals surface area contributed by atoms with E-state index in [0.29, 0.717) is 30.5 Å². The van der Waals surface area contributed by atoms with E-state index < -0.39 is 80.5 Å². The number of amides is 1. The molecule has 0 bridgehead atoms. The summed E-state index contributed by atoms with van der Waals surface area (Å²) in [4.78, 5) is 25.1. The maximum atomic E-state index is 13.9. The number of nitrogens with zero attached hydrogens (tertiary/aromatic N) is 5. The van der Waals surface area contributed by atoms with Crippen molar-refractivity contribution in [1.29, 1.82) is 0 Å². The van der Waals surface area contributed by atoms with Crippen molar-refractivity contribution < 1.29 is 49.4 Å². The van der Waals surface area contributed by atoms with Crippen LogP contribution in [0.3, 0.4) is 0 Å². The van der Waals surface area contributed by atoms with Crippen LogP contribution in [0.4, 0.5) is 44.3 Å². The number of aromatic nitrogens is 5. The number of alkyl halides is 9. The normalized spacial score (nSPS) is 12.7. The first-order chi connectivity index (χ1) is 17.5. The lowest BCUT2D eigenvalue weighted by molar-refractivity contribution is -0.243. The predicted octanol–water partition coefficient (Wildman–Crippen LogP) is 5.15. The van der Waals surface area contributed by atoms with Crippen LogP contribution in [-0.4, -0.2) is 30.7 Å². The Labute approximate surface area is 208 Å². The van der Waals surface area contributed by atoms with Crippen LogP contribution >= 0.6 is 11.6 Å². The first-order valence-electron chi connectivity index (χ1n) is 9.73. The standard InChI is InChI=1S/C20H8ClF9N6O2/c21-10-3-2-8(18(22,23)24)5-9(10)15-32-12-13(20(28,29)30)33-14(34-16(12)36(15)35-17(37)38)7-1-4-11(31-6-7)19(25,26)27/h1-6,35H,(H,37,38)/p-1. The van der Waals surface area contributed by atoms with E-state index in [9.17, 15) is 49.4 Å². The van der Waals surface area contributed by atoms with Crippen molar-refractivity contribution in [1.82, 2.24) is 24.6 Å². The van der Waals surface area contributed by atoms with Crippen LogP contribution < -0.4 is 10.5 Å². The molecule has 18 heteroatoms. The average molecular weight is 570 g/mol. The first-order valence-corrected chi connectivity index (χ1v) is 10.1. The number of hydrogen-bond acceptors (Lipinski definition) is 6. The Balaban J connectivity index is 2.04. The average Bonchev–Trinajstić information content (AvgIpc) is 3.14. The highest BCUT2D eigenvalue weighted by molar-refractivity contribution is 6.33. The van der Waals surface area contributed by atoms with Gasteiger partial charge in [0, 0.05) is 17.3 Å². The zero-order chi connectivity index (χ0) is 28.2. The zero-order valence-electron chi connectivity index (χ0n) is 17.8. The summed E-state index contributed by atoms with van der Waals surface area (Å²) in [5.74, 6) is -1.70. The van der Waals surface area contributed by atoms with Gasteiger partial charge in [-0.2, -0.15) is 39.5 Å². The molecule has 38 heavy (non-hydrogen) atoms. The summed E-state index contributed by atoms with van der Waals surface area (Å²) in [5, 5.41) is 10.9. The zero-order valence-corrected chi connectivity index (χ0v) is 18.6. The molecule has 200 valence electrons. The van der Waals surface area contributed by atoms with Gasteiger partial charge in [0.2, 0.25) is 0 Å². The molecule has 0 spiro atoms. The molecule has 3 heterocycles. The lowest BCUT2D eigenvalue weighted by Gasteiger charge is -2.14. The van der Waals surface area contributed by atoms with Crippen molar-refractivity contribution in [2.45, 2.75) is 18.5 Å². The highest BCUT2D eigenvalue weighted by Crippen LogP contribution is 2.39. The fraction of sp³-hybridized carbons (Fsp3) is 0.150. The molecular weight excluding hydrogens is 563 g/mol. The minimum absolute atomic E-state index is 0.268. The summed E-state index contributed by atoms with van der Waals surface area (Å²) < 4.78 is 120. The molecule has 0 unspecified atom stereocenters. The van der Waals surface area contributed by atoms with Gasteiger partial charge in [-0.25, -0.2) is 19.6 Å². The number of benzene rings is 1. The maximum absolute atomic E-state index is 13.9. The predicted molar refractivity (Wildman–Crippen MR) is 109 cm³/mol. The number of imidazole rings is 1. The van der Waals surface area contributed by atoms with Gasteiger partial charge in [0.05, 0.1) is 10.6 Å². The number of carboxylic acid groups (broad SMARTS) is 1. The third-order valence-electron chi connectivity index (χ3n) is 4.83. The van der Waals surface area contributed by atoms with E-state index in [2.05, 4.69) is 19.9 Å². The Morgan fingerprint density at radius 3 is 2.11 bits per heavy atom. The van der Waals surface area contributed by atoms with E-state index in [0.717, 1.165) is 6.07 Å². The Morgan fingerprint density at radius 2 is 1.58 bits per heavy atom. The van der Waals surface area contributed by atoms with Gasteiger partial charge >= 0.3 is 18.5 Å². The minimum Gasteiger partial charge on any atom is -0.529 e. The monoisotopic (exact) mass is 569 g/mol. The smallest absolute Gasteiger partial charge is 0.435 e. The molecule has 1 amide bonds. The summed E-state index contributed by atoms with van der Waals surface area (Å²) in [6.07, 6.45) is -16.7. The van der Waals surface area contributed by atoms with Crippen LogP contribution in [-0.2, 0) is 18.5 Å². The second-order valence-corrected chi connectivity index (χ2v) is 7.77. The van der Waals surface area contributed by atoms with Gasteiger partial charge in [0.1, 0.15) is 11.2 Å². The van der Waals surface area contributed by atoms with Gasteiger partial charge in [-0.15, -0.1) is 0 Å². The van der Waals surface area contributed by atoms with Gasteiger partial charge < -0.3 is 9.90 Å². The molecular formula is C20H7ClF9N6O2-. The SMILES string of the molecule is O=C([O-])Nn1c(-c2cc(C(F)(F)F)ccc2Cl)nc2c(C(F)(F)F)nc(-c3ccc(C(F)(F)F)nc3)nc21. The van der Waals surface area contributed by atoms with E-state index in [1.54, 1.807) is 5.43 Å². The number of carbonyl (C=O) groups excluding carboxylic acids is 1. The van der Waals surface area contributed by atoms with Crippen LogP contribution in [0.15, 0.2) is 36.5 Å². The molecule has 8 nitrogen and oxygen atoms in total. The van der Waals surface area contributed by atoms with Gasteiger partial charge in [-0.1, -0.05) is 11.6 Å². The van der Waals surface area contributed by atoms with E-state index in [1.807, 2.05) is 0 Å². The number of fused-ring (bicyclic) bond motifs is 1. The fourth-order valence-electron chi connectivity index (χ4n) is 3.23. The molecule has 1 aromatic carbocycles. The first kappa shape index (κ1) is 26.9. The van der Waals surface area contributed by atoms with Gasteiger partial charge in [0.25, 0.3) is 0 Å². The van der Waals surface area contributed by atoms with Gasteiger partial charge in [-0.3, -0.25) is 10.4 Å². The molecule has 0 saturated carbocycles. The van der Waals surface area contributed by atoms with E-state index >= 15 is 0 Å². The second-order valence-electron chi connectivity index (χ2n) is 7.36. The van der Waals surface area contributed by atoms with Crippen LogP contribution in [0.5, 0.6) is 0 Å². The van der Waals surface area contributed by atoms with Crippen molar-refractivity contribution >= 4 is 28.9 Å². The minimum atomic E-state index is -5.29. The fourth-order valence-corrected chi connectivity index (χ4v) is 3.43. The lowest BCUT2D eigenvalue weighted by atomic mass is 10.1. The van der Waals surface area contributed by atoms with E-state index in [-0.39, 0.29) is 4.68 Å².